The number of aromatic hydroxyl groups is 1. The Labute approximate surface area is 98.7 Å². The van der Waals surface area contributed by atoms with Crippen molar-refractivity contribution in [2.75, 3.05) is 13.1 Å². The van der Waals surface area contributed by atoms with E-state index in [0.717, 1.165) is 19.5 Å². The zero-order valence-electron chi connectivity index (χ0n) is 10.2. The predicted molar refractivity (Wildman–Crippen MR) is 68.8 cm³/mol. The average Bonchev–Trinajstić information content (AvgIpc) is 2.30. The van der Waals surface area contributed by atoms with E-state index >= 15 is 0 Å². The Bertz CT molecular complexity index is 269. The number of rotatable bonds is 8. The molecule has 1 aromatic carbocycles. The molecule has 0 saturated carbocycles. The molecule has 16 heavy (non-hydrogen) atoms. The van der Waals surface area contributed by atoms with Crippen LogP contribution in [0.2, 0.25) is 0 Å². The van der Waals surface area contributed by atoms with Gasteiger partial charge in [0, 0.05) is 0 Å². The van der Waals surface area contributed by atoms with Crippen molar-refractivity contribution >= 4 is 0 Å². The minimum absolute atomic E-state index is 0.344. The molecule has 0 aliphatic carbocycles. The SMILES string of the molecule is CCCCCCNCCc1ccc(O)cc1. The Balaban J connectivity index is 2.01. The van der Waals surface area contributed by atoms with Gasteiger partial charge in [0.2, 0.25) is 0 Å². The highest BCUT2D eigenvalue weighted by atomic mass is 16.3. The van der Waals surface area contributed by atoms with Crippen LogP contribution in [0.1, 0.15) is 38.2 Å². The van der Waals surface area contributed by atoms with E-state index < -0.39 is 0 Å². The van der Waals surface area contributed by atoms with E-state index in [1.54, 1.807) is 12.1 Å². The number of unbranched alkanes of at least 4 members (excludes halogenated alkanes) is 3. The molecular formula is C14H23NO. The van der Waals surface area contributed by atoms with Crippen LogP contribution in [0.25, 0.3) is 0 Å². The van der Waals surface area contributed by atoms with Gasteiger partial charge in [-0.1, -0.05) is 38.3 Å². The van der Waals surface area contributed by atoms with Crippen molar-refractivity contribution in [2.24, 2.45) is 0 Å². The molecule has 2 nitrogen and oxygen atoms in total. The summed E-state index contributed by atoms with van der Waals surface area (Å²) in [5, 5.41) is 12.6. The first kappa shape index (κ1) is 13.0. The van der Waals surface area contributed by atoms with Gasteiger partial charge in [0.25, 0.3) is 0 Å². The van der Waals surface area contributed by atoms with E-state index in [4.69, 9.17) is 5.11 Å². The molecule has 90 valence electrons. The number of benzene rings is 1. The number of phenols is 1. The Kier molecular flexibility index (Phi) is 6.66. The van der Waals surface area contributed by atoms with E-state index in [1.165, 1.54) is 31.2 Å². The summed E-state index contributed by atoms with van der Waals surface area (Å²) in [5.41, 5.74) is 1.28. The zero-order valence-corrected chi connectivity index (χ0v) is 10.2. The minimum atomic E-state index is 0.344. The molecule has 0 aliphatic rings. The lowest BCUT2D eigenvalue weighted by Crippen LogP contribution is -2.18. The summed E-state index contributed by atoms with van der Waals surface area (Å²) >= 11 is 0. The summed E-state index contributed by atoms with van der Waals surface area (Å²) in [6.07, 6.45) is 6.30. The molecule has 2 N–H and O–H groups in total. The molecule has 0 unspecified atom stereocenters. The Morgan fingerprint density at radius 2 is 1.75 bits per heavy atom. The monoisotopic (exact) mass is 221 g/mol. The van der Waals surface area contributed by atoms with Gasteiger partial charge in [-0.05, 0) is 43.6 Å². The lowest BCUT2D eigenvalue weighted by Gasteiger charge is -2.04. The summed E-state index contributed by atoms with van der Waals surface area (Å²) in [5.74, 6) is 0.344. The van der Waals surface area contributed by atoms with Crippen LogP contribution in [0, 0.1) is 0 Å². The fourth-order valence-electron chi connectivity index (χ4n) is 1.70. The summed E-state index contributed by atoms with van der Waals surface area (Å²) in [7, 11) is 0. The van der Waals surface area contributed by atoms with Crippen molar-refractivity contribution in [3.05, 3.63) is 29.8 Å². The molecule has 0 atom stereocenters. The van der Waals surface area contributed by atoms with Crippen LogP contribution >= 0.6 is 0 Å². The average molecular weight is 221 g/mol. The fourth-order valence-corrected chi connectivity index (χ4v) is 1.70. The van der Waals surface area contributed by atoms with Gasteiger partial charge in [-0.25, -0.2) is 0 Å². The largest absolute Gasteiger partial charge is 0.508 e. The summed E-state index contributed by atoms with van der Waals surface area (Å²) < 4.78 is 0. The number of hydrogen-bond donors (Lipinski definition) is 2. The summed E-state index contributed by atoms with van der Waals surface area (Å²) in [6, 6.07) is 7.45. The number of hydrogen-bond acceptors (Lipinski definition) is 2. The van der Waals surface area contributed by atoms with Gasteiger partial charge in [0.15, 0.2) is 0 Å². The summed E-state index contributed by atoms with van der Waals surface area (Å²) in [4.78, 5) is 0. The Morgan fingerprint density at radius 1 is 1.00 bits per heavy atom. The molecule has 0 amide bonds. The van der Waals surface area contributed by atoms with Gasteiger partial charge in [-0.3, -0.25) is 0 Å². The molecular weight excluding hydrogens is 198 g/mol. The first-order chi connectivity index (χ1) is 7.83. The molecule has 0 fully saturated rings. The second-order valence-corrected chi connectivity index (χ2v) is 4.23. The van der Waals surface area contributed by atoms with Crippen molar-refractivity contribution in [3.8, 4) is 5.75 Å². The predicted octanol–water partition coefficient (Wildman–Crippen LogP) is 3.10. The van der Waals surface area contributed by atoms with Crippen LogP contribution in [-0.4, -0.2) is 18.2 Å². The quantitative estimate of drug-likeness (QED) is 0.661. The normalized spacial score (nSPS) is 10.6. The third-order valence-corrected chi connectivity index (χ3v) is 2.73. The molecule has 0 radical (unpaired) electrons. The first-order valence-corrected chi connectivity index (χ1v) is 6.31. The molecule has 0 aromatic heterocycles. The molecule has 0 aliphatic heterocycles. The van der Waals surface area contributed by atoms with Gasteiger partial charge in [0.05, 0.1) is 0 Å². The highest BCUT2D eigenvalue weighted by molar-refractivity contribution is 5.25. The van der Waals surface area contributed by atoms with Gasteiger partial charge >= 0.3 is 0 Å². The van der Waals surface area contributed by atoms with Crippen molar-refractivity contribution in [3.63, 3.8) is 0 Å². The second-order valence-electron chi connectivity index (χ2n) is 4.23. The zero-order chi connectivity index (χ0) is 11.6. The van der Waals surface area contributed by atoms with Crippen molar-refractivity contribution in [1.82, 2.24) is 5.32 Å². The summed E-state index contributed by atoms with van der Waals surface area (Å²) in [6.45, 7) is 4.38. The van der Waals surface area contributed by atoms with Crippen LogP contribution in [0.15, 0.2) is 24.3 Å². The van der Waals surface area contributed by atoms with E-state index in [9.17, 15) is 0 Å². The molecule has 2 heteroatoms. The van der Waals surface area contributed by atoms with Gasteiger partial charge in [-0.15, -0.1) is 0 Å². The number of phenolic OH excluding ortho intramolecular Hbond substituents is 1. The second kappa shape index (κ2) is 8.17. The van der Waals surface area contributed by atoms with E-state index in [1.807, 2.05) is 12.1 Å². The molecule has 1 aromatic rings. The van der Waals surface area contributed by atoms with Crippen LogP contribution in [0.4, 0.5) is 0 Å². The first-order valence-electron chi connectivity index (χ1n) is 6.31. The minimum Gasteiger partial charge on any atom is -0.508 e. The maximum atomic E-state index is 9.13. The molecule has 0 bridgehead atoms. The highest BCUT2D eigenvalue weighted by Gasteiger charge is 1.93. The van der Waals surface area contributed by atoms with Crippen molar-refractivity contribution in [2.45, 2.75) is 39.0 Å². The van der Waals surface area contributed by atoms with Crippen LogP contribution in [-0.2, 0) is 6.42 Å². The van der Waals surface area contributed by atoms with Crippen molar-refractivity contribution in [1.29, 1.82) is 0 Å². The third-order valence-electron chi connectivity index (χ3n) is 2.73. The van der Waals surface area contributed by atoms with E-state index in [2.05, 4.69) is 12.2 Å². The van der Waals surface area contributed by atoms with Gasteiger partial charge in [0.1, 0.15) is 5.75 Å². The standard InChI is InChI=1S/C14H23NO/c1-2-3-4-5-11-15-12-10-13-6-8-14(16)9-7-13/h6-9,15-16H,2-5,10-12H2,1H3. The lowest BCUT2D eigenvalue weighted by molar-refractivity contribution is 0.475. The van der Waals surface area contributed by atoms with Crippen molar-refractivity contribution < 1.29 is 5.11 Å². The van der Waals surface area contributed by atoms with Gasteiger partial charge < -0.3 is 10.4 Å². The molecule has 1 rings (SSSR count). The maximum Gasteiger partial charge on any atom is 0.115 e. The Hall–Kier alpha value is -1.02. The topological polar surface area (TPSA) is 32.3 Å². The third kappa shape index (κ3) is 5.76. The molecule has 0 spiro atoms. The maximum absolute atomic E-state index is 9.13. The van der Waals surface area contributed by atoms with Crippen LogP contribution in [0.3, 0.4) is 0 Å². The fraction of sp³-hybridized carbons (Fsp3) is 0.571. The highest BCUT2D eigenvalue weighted by Crippen LogP contribution is 2.09. The Morgan fingerprint density at radius 3 is 2.44 bits per heavy atom. The van der Waals surface area contributed by atoms with Crippen LogP contribution in [0.5, 0.6) is 5.75 Å². The smallest absolute Gasteiger partial charge is 0.115 e. The molecule has 0 saturated heterocycles. The van der Waals surface area contributed by atoms with Crippen LogP contribution < -0.4 is 5.32 Å². The molecule has 0 heterocycles. The van der Waals surface area contributed by atoms with E-state index in [0.29, 0.717) is 5.75 Å². The lowest BCUT2D eigenvalue weighted by atomic mass is 10.1. The number of nitrogens with one attached hydrogen (secondary N) is 1. The van der Waals surface area contributed by atoms with E-state index in [-0.39, 0.29) is 0 Å². The van der Waals surface area contributed by atoms with Gasteiger partial charge in [-0.2, -0.15) is 0 Å².